The molecule has 1 aromatic heterocycles. The van der Waals surface area contributed by atoms with E-state index in [1.54, 1.807) is 6.08 Å². The Balaban J connectivity index is 1.83. The lowest BCUT2D eigenvalue weighted by atomic mass is 9.88. The lowest BCUT2D eigenvalue weighted by Gasteiger charge is -2.17. The van der Waals surface area contributed by atoms with E-state index in [1.807, 2.05) is 30.3 Å². The van der Waals surface area contributed by atoms with Crippen LogP contribution in [0.4, 0.5) is 5.00 Å². The highest BCUT2D eigenvalue weighted by Gasteiger charge is 2.25. The fraction of sp³-hybridized carbons (Fsp3) is 0.348. The number of nitrogens with one attached hydrogen (secondary N) is 1. The Morgan fingerprint density at radius 3 is 2.61 bits per heavy atom. The molecule has 0 saturated heterocycles. The summed E-state index contributed by atoms with van der Waals surface area (Å²) < 4.78 is 0. The second-order valence-electron chi connectivity index (χ2n) is 7.61. The highest BCUT2D eigenvalue weighted by atomic mass is 32.1. The maximum atomic E-state index is 12.7. The number of carbonyl (C=O) groups is 1. The van der Waals surface area contributed by atoms with Crippen LogP contribution in [0.15, 0.2) is 29.8 Å². The van der Waals surface area contributed by atoms with Crippen LogP contribution >= 0.6 is 11.3 Å². The topological polar surface area (TPSA) is 76.7 Å². The predicted octanol–water partition coefficient (Wildman–Crippen LogP) is 5.41. The summed E-state index contributed by atoms with van der Waals surface area (Å²) in [6.07, 6.45) is 4.45. The van der Waals surface area contributed by atoms with Crippen LogP contribution in [0.3, 0.4) is 0 Å². The number of nitrogens with zero attached hydrogens (tertiary/aromatic N) is 2. The van der Waals surface area contributed by atoms with Gasteiger partial charge < -0.3 is 5.32 Å². The quantitative estimate of drug-likeness (QED) is 0.561. The molecule has 1 heterocycles. The molecule has 1 amide bonds. The summed E-state index contributed by atoms with van der Waals surface area (Å²) in [6.45, 7) is 6.44. The molecule has 2 aromatic rings. The summed E-state index contributed by atoms with van der Waals surface area (Å²) >= 11 is 1.47. The number of rotatable bonds is 4. The predicted molar refractivity (Wildman–Crippen MR) is 113 cm³/mol. The molecular formula is C23H23N3OS. The minimum absolute atomic E-state index is 0.0286. The first-order valence-corrected chi connectivity index (χ1v) is 10.3. The Morgan fingerprint density at radius 2 is 2.00 bits per heavy atom. The molecule has 0 fully saturated rings. The van der Waals surface area contributed by atoms with Crippen molar-refractivity contribution in [1.29, 1.82) is 10.5 Å². The molecule has 0 saturated carbocycles. The molecule has 0 radical (unpaired) electrons. The molecule has 5 heteroatoms. The molecule has 1 aliphatic rings. The van der Waals surface area contributed by atoms with Gasteiger partial charge >= 0.3 is 0 Å². The lowest BCUT2D eigenvalue weighted by molar-refractivity contribution is -0.112. The number of thiophene rings is 1. The summed E-state index contributed by atoms with van der Waals surface area (Å²) in [5.41, 5.74) is 3.65. The Kier molecular flexibility index (Phi) is 5.97. The van der Waals surface area contributed by atoms with Gasteiger partial charge in [-0.05, 0) is 53.9 Å². The van der Waals surface area contributed by atoms with Crippen LogP contribution in [0.2, 0.25) is 0 Å². The smallest absolute Gasteiger partial charge is 0.266 e. The Labute approximate surface area is 170 Å². The maximum absolute atomic E-state index is 12.7. The largest absolute Gasteiger partial charge is 0.312 e. The van der Waals surface area contributed by atoms with Crippen molar-refractivity contribution in [3.63, 3.8) is 0 Å². The molecule has 4 nitrogen and oxygen atoms in total. The third-order valence-electron chi connectivity index (χ3n) is 5.13. The van der Waals surface area contributed by atoms with E-state index in [4.69, 9.17) is 0 Å². The molecule has 0 spiro atoms. The molecule has 0 aliphatic heterocycles. The van der Waals surface area contributed by atoms with Crippen LogP contribution in [0.5, 0.6) is 0 Å². The molecule has 0 bridgehead atoms. The number of hydrogen-bond acceptors (Lipinski definition) is 4. The van der Waals surface area contributed by atoms with Crippen LogP contribution in [-0.2, 0) is 17.6 Å². The third-order valence-corrected chi connectivity index (χ3v) is 6.30. The van der Waals surface area contributed by atoms with Gasteiger partial charge in [0.15, 0.2) is 0 Å². The fourth-order valence-electron chi connectivity index (χ4n) is 3.42. The van der Waals surface area contributed by atoms with Crippen LogP contribution < -0.4 is 5.32 Å². The average Bonchev–Trinajstić information content (AvgIpc) is 3.02. The number of benzene rings is 1. The van der Waals surface area contributed by atoms with E-state index in [0.717, 1.165) is 30.4 Å². The first kappa shape index (κ1) is 19.9. The lowest BCUT2D eigenvalue weighted by Crippen LogP contribution is -2.13. The zero-order valence-corrected chi connectivity index (χ0v) is 17.2. The van der Waals surface area contributed by atoms with Gasteiger partial charge in [0.1, 0.15) is 22.7 Å². The minimum Gasteiger partial charge on any atom is -0.312 e. The van der Waals surface area contributed by atoms with Crippen LogP contribution in [0, 0.1) is 28.6 Å². The molecule has 1 atom stereocenters. The Morgan fingerprint density at radius 1 is 1.29 bits per heavy atom. The number of anilines is 1. The first-order chi connectivity index (χ1) is 13.4. The average molecular weight is 390 g/mol. The highest BCUT2D eigenvalue weighted by molar-refractivity contribution is 7.16. The number of carbonyl (C=O) groups excluding carboxylic acids is 1. The van der Waals surface area contributed by atoms with Gasteiger partial charge in [0.05, 0.1) is 5.56 Å². The van der Waals surface area contributed by atoms with Crippen molar-refractivity contribution in [2.24, 2.45) is 5.92 Å². The van der Waals surface area contributed by atoms with Gasteiger partial charge in [0, 0.05) is 4.88 Å². The van der Waals surface area contributed by atoms with Crippen molar-refractivity contribution in [2.75, 3.05) is 5.32 Å². The molecule has 1 aliphatic carbocycles. The summed E-state index contributed by atoms with van der Waals surface area (Å²) in [7, 11) is 0. The van der Waals surface area contributed by atoms with Gasteiger partial charge in [-0.1, -0.05) is 45.0 Å². The van der Waals surface area contributed by atoms with E-state index in [0.29, 0.717) is 22.4 Å². The fourth-order valence-corrected chi connectivity index (χ4v) is 4.78. The summed E-state index contributed by atoms with van der Waals surface area (Å²) in [5.74, 6) is 0.539. The zero-order valence-electron chi connectivity index (χ0n) is 16.4. The highest BCUT2D eigenvalue weighted by Crippen LogP contribution is 2.39. The van der Waals surface area contributed by atoms with E-state index >= 15 is 0 Å². The van der Waals surface area contributed by atoms with E-state index in [2.05, 4.69) is 32.2 Å². The van der Waals surface area contributed by atoms with Gasteiger partial charge in [0.2, 0.25) is 0 Å². The molecule has 3 rings (SSSR count). The van der Waals surface area contributed by atoms with Crippen molar-refractivity contribution in [2.45, 2.75) is 46.0 Å². The van der Waals surface area contributed by atoms with Crippen LogP contribution in [-0.4, -0.2) is 5.91 Å². The molecular weight excluding hydrogens is 366 g/mol. The number of nitriles is 2. The monoisotopic (exact) mass is 389 g/mol. The minimum atomic E-state index is -0.474. The van der Waals surface area contributed by atoms with Gasteiger partial charge in [0.25, 0.3) is 5.91 Å². The van der Waals surface area contributed by atoms with E-state index in [-0.39, 0.29) is 5.57 Å². The summed E-state index contributed by atoms with van der Waals surface area (Å²) in [4.78, 5) is 13.8. The standard InChI is InChI=1S/C23H23N3OS/c1-14(2)17-7-5-16(6-8-17)11-18(12-24)22(27)26-23-20(13-25)19-9-4-15(3)10-21(19)28-23/h5-8,11,14-15H,4,9-10H2,1-3H3,(H,26,27)/b18-11+/t15-/m0/s1. The van der Waals surface area contributed by atoms with Crippen molar-refractivity contribution in [3.05, 3.63) is 57.0 Å². The van der Waals surface area contributed by atoms with Crippen molar-refractivity contribution in [1.82, 2.24) is 0 Å². The van der Waals surface area contributed by atoms with E-state index < -0.39 is 5.91 Å². The number of amides is 1. The van der Waals surface area contributed by atoms with Crippen molar-refractivity contribution in [3.8, 4) is 12.1 Å². The second-order valence-corrected chi connectivity index (χ2v) is 8.72. The van der Waals surface area contributed by atoms with Gasteiger partial charge in [-0.3, -0.25) is 4.79 Å². The first-order valence-electron chi connectivity index (χ1n) is 9.50. The Bertz CT molecular complexity index is 1000. The molecule has 28 heavy (non-hydrogen) atoms. The third kappa shape index (κ3) is 4.16. The van der Waals surface area contributed by atoms with Crippen LogP contribution in [0.1, 0.15) is 60.2 Å². The SMILES string of the molecule is CC(C)c1ccc(/C=C(\C#N)C(=O)Nc2sc3c(c2C#N)CC[C@H](C)C3)cc1. The Hall–Kier alpha value is -2.89. The van der Waals surface area contributed by atoms with Gasteiger partial charge in [-0.2, -0.15) is 10.5 Å². The van der Waals surface area contributed by atoms with Crippen molar-refractivity contribution < 1.29 is 4.79 Å². The zero-order chi connectivity index (χ0) is 20.3. The normalized spacial score (nSPS) is 16.2. The maximum Gasteiger partial charge on any atom is 0.266 e. The molecule has 1 N–H and O–H groups in total. The number of hydrogen-bond donors (Lipinski definition) is 1. The van der Waals surface area contributed by atoms with E-state index in [1.165, 1.54) is 21.8 Å². The molecule has 142 valence electrons. The number of fused-ring (bicyclic) bond motifs is 1. The van der Waals surface area contributed by atoms with Crippen LogP contribution in [0.25, 0.3) is 6.08 Å². The second kappa shape index (κ2) is 8.42. The molecule has 1 aromatic carbocycles. The van der Waals surface area contributed by atoms with Gasteiger partial charge in [-0.25, -0.2) is 0 Å². The summed E-state index contributed by atoms with van der Waals surface area (Å²) in [5, 5.41) is 22.4. The van der Waals surface area contributed by atoms with Gasteiger partial charge in [-0.15, -0.1) is 11.3 Å². The van der Waals surface area contributed by atoms with E-state index in [9.17, 15) is 15.3 Å². The molecule has 0 unspecified atom stereocenters. The summed E-state index contributed by atoms with van der Waals surface area (Å²) in [6, 6.07) is 12.1. The van der Waals surface area contributed by atoms with Crippen molar-refractivity contribution >= 4 is 28.3 Å².